The van der Waals surface area contributed by atoms with Crippen LogP contribution in [-0.4, -0.2) is 56.2 Å². The Balaban J connectivity index is 1.67. The van der Waals surface area contributed by atoms with Crippen molar-refractivity contribution in [2.75, 3.05) is 42.4 Å². The average Bonchev–Trinajstić information content (AvgIpc) is 2.90. The minimum atomic E-state index is -1.21. The van der Waals surface area contributed by atoms with E-state index in [9.17, 15) is 24.3 Å². The molecular weight excluding hydrogens is 464 g/mol. The van der Waals surface area contributed by atoms with Gasteiger partial charge in [-0.3, -0.25) is 9.59 Å². The average molecular weight is 491 g/mol. The molecule has 0 aliphatic rings. The number of para-hydroxylation sites is 2. The van der Waals surface area contributed by atoms with Crippen molar-refractivity contribution in [3.63, 3.8) is 0 Å². The quantitative estimate of drug-likeness (QED) is 0.423. The Kier molecular flexibility index (Phi) is 8.60. The molecule has 0 heterocycles. The highest BCUT2D eigenvalue weighted by atomic mass is 16.5. The zero-order valence-corrected chi connectivity index (χ0v) is 19.8. The van der Waals surface area contributed by atoms with E-state index in [1.807, 2.05) is 18.2 Å². The molecule has 36 heavy (non-hydrogen) atoms. The van der Waals surface area contributed by atoms with E-state index in [4.69, 9.17) is 4.74 Å². The van der Waals surface area contributed by atoms with Gasteiger partial charge in [0.25, 0.3) is 0 Å². The number of hydrogen-bond acceptors (Lipinski definition) is 5. The molecule has 186 valence electrons. The van der Waals surface area contributed by atoms with Crippen LogP contribution in [0.4, 0.5) is 21.9 Å². The van der Waals surface area contributed by atoms with E-state index < -0.39 is 24.5 Å². The van der Waals surface area contributed by atoms with Crippen LogP contribution < -0.4 is 25.2 Å². The van der Waals surface area contributed by atoms with Crippen LogP contribution in [0.5, 0.6) is 5.75 Å². The molecular formula is C26H26N4O6. The maximum atomic E-state index is 13.0. The first kappa shape index (κ1) is 25.8. The highest BCUT2D eigenvalue weighted by molar-refractivity contribution is 6.05. The molecule has 3 aromatic rings. The molecule has 0 saturated carbocycles. The second kappa shape index (κ2) is 12.0. The molecule has 0 aliphatic carbocycles. The monoisotopic (exact) mass is 490 g/mol. The number of carboxylic acids is 1. The number of benzene rings is 3. The summed E-state index contributed by atoms with van der Waals surface area (Å²) in [7, 11) is 2.96. The van der Waals surface area contributed by atoms with Crippen molar-refractivity contribution >= 4 is 40.9 Å². The van der Waals surface area contributed by atoms with Crippen LogP contribution in [0.15, 0.2) is 78.9 Å². The molecule has 0 radical (unpaired) electrons. The number of nitrogens with zero attached hydrogens (tertiary/aromatic N) is 2. The van der Waals surface area contributed by atoms with Crippen LogP contribution in [0.1, 0.15) is 10.4 Å². The summed E-state index contributed by atoms with van der Waals surface area (Å²) in [6.07, 6.45) is 0. The van der Waals surface area contributed by atoms with Crippen molar-refractivity contribution in [3.05, 3.63) is 84.4 Å². The molecule has 0 unspecified atom stereocenters. The molecule has 0 saturated heterocycles. The third-order valence-electron chi connectivity index (χ3n) is 5.27. The first-order chi connectivity index (χ1) is 17.3. The van der Waals surface area contributed by atoms with E-state index in [-0.39, 0.29) is 29.5 Å². The standard InChI is InChI=1S/C26H26N4O6/c1-29(19-9-5-3-6-10-19)24(32)17-30(20-11-7-4-8-12-20)23(31)16-27-26(35)28-18-13-14-22(36-2)21(15-18)25(33)34/h3-15H,16-17H2,1-2H3,(H,33,34)(H2,27,28,35). The number of rotatable bonds is 9. The van der Waals surface area contributed by atoms with E-state index in [1.165, 1.54) is 35.1 Å². The van der Waals surface area contributed by atoms with Crippen molar-refractivity contribution in [2.45, 2.75) is 0 Å². The van der Waals surface area contributed by atoms with Gasteiger partial charge in [0, 0.05) is 24.1 Å². The summed E-state index contributed by atoms with van der Waals surface area (Å²) in [5.41, 5.74) is 1.27. The van der Waals surface area contributed by atoms with Gasteiger partial charge in [-0.15, -0.1) is 0 Å². The lowest BCUT2D eigenvalue weighted by atomic mass is 10.2. The molecule has 0 aliphatic heterocycles. The van der Waals surface area contributed by atoms with Gasteiger partial charge in [-0.1, -0.05) is 36.4 Å². The summed E-state index contributed by atoms with van der Waals surface area (Å²) in [6.45, 7) is -0.636. The van der Waals surface area contributed by atoms with Crippen LogP contribution in [0.3, 0.4) is 0 Å². The van der Waals surface area contributed by atoms with Crippen LogP contribution in [-0.2, 0) is 9.59 Å². The lowest BCUT2D eigenvalue weighted by molar-refractivity contribution is -0.121. The van der Waals surface area contributed by atoms with Gasteiger partial charge in [-0.05, 0) is 42.5 Å². The normalized spacial score (nSPS) is 10.2. The second-order valence-electron chi connectivity index (χ2n) is 7.63. The van der Waals surface area contributed by atoms with Gasteiger partial charge < -0.3 is 30.3 Å². The minimum absolute atomic E-state index is 0.123. The zero-order valence-electron chi connectivity index (χ0n) is 19.8. The fourth-order valence-electron chi connectivity index (χ4n) is 3.35. The number of nitrogens with one attached hydrogen (secondary N) is 2. The predicted octanol–water partition coefficient (Wildman–Crippen LogP) is 3.21. The van der Waals surface area contributed by atoms with Crippen LogP contribution in [0, 0.1) is 0 Å². The first-order valence-corrected chi connectivity index (χ1v) is 10.9. The summed E-state index contributed by atoms with van der Waals surface area (Å²) in [6, 6.07) is 21.1. The van der Waals surface area contributed by atoms with Crippen molar-refractivity contribution in [2.24, 2.45) is 0 Å². The molecule has 3 aromatic carbocycles. The number of ether oxygens (including phenoxy) is 1. The summed E-state index contributed by atoms with van der Waals surface area (Å²) < 4.78 is 5.00. The largest absolute Gasteiger partial charge is 0.496 e. The number of likely N-dealkylation sites (N-methyl/N-ethyl adjacent to an activating group) is 1. The summed E-state index contributed by atoms with van der Waals surface area (Å²) in [5.74, 6) is -1.89. The number of carbonyl (C=O) groups excluding carboxylic acids is 3. The fourth-order valence-corrected chi connectivity index (χ4v) is 3.35. The fraction of sp³-hybridized carbons (Fsp3) is 0.154. The van der Waals surface area contributed by atoms with Crippen molar-refractivity contribution < 1.29 is 29.0 Å². The molecule has 0 spiro atoms. The van der Waals surface area contributed by atoms with Crippen LogP contribution in [0.2, 0.25) is 0 Å². The topological polar surface area (TPSA) is 128 Å². The lowest BCUT2D eigenvalue weighted by Gasteiger charge is -2.25. The lowest BCUT2D eigenvalue weighted by Crippen LogP contribution is -2.46. The highest BCUT2D eigenvalue weighted by Gasteiger charge is 2.22. The van der Waals surface area contributed by atoms with Crippen LogP contribution >= 0.6 is 0 Å². The minimum Gasteiger partial charge on any atom is -0.496 e. The summed E-state index contributed by atoms with van der Waals surface area (Å²) >= 11 is 0. The first-order valence-electron chi connectivity index (χ1n) is 10.9. The Morgan fingerprint density at radius 1 is 0.861 bits per heavy atom. The molecule has 3 N–H and O–H groups in total. The van der Waals surface area contributed by atoms with Crippen molar-refractivity contribution in [1.82, 2.24) is 5.32 Å². The second-order valence-corrected chi connectivity index (χ2v) is 7.63. The molecule has 4 amide bonds. The van der Waals surface area contributed by atoms with Crippen molar-refractivity contribution in [1.29, 1.82) is 0 Å². The Morgan fingerprint density at radius 2 is 1.47 bits per heavy atom. The molecule has 0 fully saturated rings. The number of urea groups is 1. The third kappa shape index (κ3) is 6.60. The Hall–Kier alpha value is -4.86. The Labute approximate surface area is 208 Å². The number of anilines is 3. The van der Waals surface area contributed by atoms with E-state index in [1.54, 1.807) is 49.5 Å². The zero-order chi connectivity index (χ0) is 26.1. The smallest absolute Gasteiger partial charge is 0.339 e. The summed E-state index contributed by atoms with van der Waals surface area (Å²) in [5, 5.41) is 14.2. The summed E-state index contributed by atoms with van der Waals surface area (Å²) in [4.78, 5) is 52.5. The highest BCUT2D eigenvalue weighted by Crippen LogP contribution is 2.22. The van der Waals surface area contributed by atoms with Gasteiger partial charge in [-0.25, -0.2) is 9.59 Å². The Morgan fingerprint density at radius 3 is 2.06 bits per heavy atom. The number of amides is 4. The maximum absolute atomic E-state index is 13.0. The molecule has 10 nitrogen and oxygen atoms in total. The van der Waals surface area contributed by atoms with Gasteiger partial charge in [0.15, 0.2) is 0 Å². The van der Waals surface area contributed by atoms with Gasteiger partial charge in [0.1, 0.15) is 17.9 Å². The molecule has 0 bridgehead atoms. The number of carbonyl (C=O) groups is 4. The van der Waals surface area contributed by atoms with Gasteiger partial charge >= 0.3 is 12.0 Å². The van der Waals surface area contributed by atoms with E-state index in [0.717, 1.165) is 0 Å². The predicted molar refractivity (Wildman–Crippen MR) is 136 cm³/mol. The number of carboxylic acid groups (broad SMARTS) is 1. The van der Waals surface area contributed by atoms with E-state index >= 15 is 0 Å². The molecule has 10 heteroatoms. The van der Waals surface area contributed by atoms with Crippen LogP contribution in [0.25, 0.3) is 0 Å². The molecule has 0 aromatic heterocycles. The van der Waals surface area contributed by atoms with E-state index in [2.05, 4.69) is 10.6 Å². The number of methoxy groups -OCH3 is 1. The van der Waals surface area contributed by atoms with E-state index in [0.29, 0.717) is 11.4 Å². The van der Waals surface area contributed by atoms with Crippen molar-refractivity contribution in [3.8, 4) is 5.75 Å². The SMILES string of the molecule is COc1ccc(NC(=O)NCC(=O)N(CC(=O)N(C)c2ccccc2)c2ccccc2)cc1C(=O)O. The number of hydrogen-bond donors (Lipinski definition) is 3. The van der Waals surface area contributed by atoms with Gasteiger partial charge in [0.05, 0.1) is 13.7 Å². The molecule has 3 rings (SSSR count). The third-order valence-corrected chi connectivity index (χ3v) is 5.27. The Bertz CT molecular complexity index is 1230. The number of aromatic carboxylic acids is 1. The van der Waals surface area contributed by atoms with Gasteiger partial charge in [-0.2, -0.15) is 0 Å². The van der Waals surface area contributed by atoms with Gasteiger partial charge in [0.2, 0.25) is 11.8 Å². The maximum Gasteiger partial charge on any atom is 0.339 e. The molecule has 0 atom stereocenters.